The number of amides is 1. The summed E-state index contributed by atoms with van der Waals surface area (Å²) >= 11 is 1.70. The number of nitrogens with one attached hydrogen (secondary N) is 1. The molecule has 0 radical (unpaired) electrons. The van der Waals surface area contributed by atoms with Crippen LogP contribution < -0.4 is 5.32 Å². The molecule has 0 aromatic carbocycles. The lowest BCUT2D eigenvalue weighted by Crippen LogP contribution is -2.41. The Morgan fingerprint density at radius 3 is 2.87 bits per heavy atom. The van der Waals surface area contributed by atoms with E-state index in [2.05, 4.69) is 28.6 Å². The number of thiophene rings is 1. The third-order valence-corrected chi connectivity index (χ3v) is 5.56. The molecule has 1 N–H and O–H groups in total. The molecule has 0 aliphatic heterocycles. The van der Waals surface area contributed by atoms with Crippen molar-refractivity contribution in [2.24, 2.45) is 0 Å². The molecular weight excluding hydrogens is 308 g/mol. The van der Waals surface area contributed by atoms with Crippen LogP contribution in [0.1, 0.15) is 41.9 Å². The summed E-state index contributed by atoms with van der Waals surface area (Å²) in [5, 5.41) is 5.13. The lowest BCUT2D eigenvalue weighted by molar-refractivity contribution is -0.123. The lowest BCUT2D eigenvalue weighted by atomic mass is 10.2. The number of aryl methyl sites for hydroxylation is 1. The average Bonchev–Trinajstić information content (AvgIpc) is 3.28. The largest absolute Gasteiger partial charge is 0.468 e. The van der Waals surface area contributed by atoms with E-state index in [1.807, 2.05) is 12.1 Å². The minimum Gasteiger partial charge on any atom is -0.468 e. The first-order valence-electron chi connectivity index (χ1n) is 8.28. The van der Waals surface area contributed by atoms with E-state index in [0.29, 0.717) is 25.7 Å². The zero-order valence-electron chi connectivity index (χ0n) is 13.6. The van der Waals surface area contributed by atoms with Crippen molar-refractivity contribution in [2.75, 3.05) is 6.54 Å². The zero-order valence-corrected chi connectivity index (χ0v) is 14.4. The van der Waals surface area contributed by atoms with E-state index in [-0.39, 0.29) is 5.91 Å². The highest BCUT2D eigenvalue weighted by Gasteiger charge is 2.25. The zero-order chi connectivity index (χ0) is 16.1. The number of rotatable bonds is 7. The standard InChI is InChI=1S/C18H24N2O2S/c1-14-8-10-23-17(14)11-19-18(21)13-20(15-5-2-3-6-15)12-16-7-4-9-22-16/h4,7-10,15H,2-3,5-6,11-13H2,1H3,(H,19,21). The van der Waals surface area contributed by atoms with Gasteiger partial charge < -0.3 is 9.73 Å². The summed E-state index contributed by atoms with van der Waals surface area (Å²) in [6.07, 6.45) is 6.57. The van der Waals surface area contributed by atoms with E-state index < -0.39 is 0 Å². The summed E-state index contributed by atoms with van der Waals surface area (Å²) in [6.45, 7) is 3.86. The Bertz CT molecular complexity index is 615. The number of carbonyl (C=O) groups is 1. The normalized spacial score (nSPS) is 15.4. The van der Waals surface area contributed by atoms with Crippen molar-refractivity contribution < 1.29 is 9.21 Å². The van der Waals surface area contributed by atoms with Gasteiger partial charge in [-0.1, -0.05) is 12.8 Å². The number of furan rings is 1. The summed E-state index contributed by atoms with van der Waals surface area (Å²) in [7, 11) is 0. The van der Waals surface area contributed by atoms with Crippen LogP contribution in [0.2, 0.25) is 0 Å². The highest BCUT2D eigenvalue weighted by atomic mass is 32.1. The average molecular weight is 332 g/mol. The Hall–Kier alpha value is -1.59. The molecular formula is C18H24N2O2S. The molecule has 5 heteroatoms. The Kier molecular flexibility index (Phi) is 5.51. The molecule has 2 aromatic rings. The van der Waals surface area contributed by atoms with Crippen LogP contribution in [0.3, 0.4) is 0 Å². The molecule has 0 spiro atoms. The van der Waals surface area contributed by atoms with Crippen molar-refractivity contribution in [3.8, 4) is 0 Å². The quantitative estimate of drug-likeness (QED) is 0.841. The van der Waals surface area contributed by atoms with E-state index in [1.165, 1.54) is 36.1 Å². The van der Waals surface area contributed by atoms with E-state index >= 15 is 0 Å². The molecule has 1 aliphatic rings. The van der Waals surface area contributed by atoms with Gasteiger partial charge in [-0.05, 0) is 48.9 Å². The second-order valence-electron chi connectivity index (χ2n) is 6.23. The fraction of sp³-hybridized carbons (Fsp3) is 0.500. The number of hydrogen-bond donors (Lipinski definition) is 1. The van der Waals surface area contributed by atoms with Crippen molar-refractivity contribution in [1.29, 1.82) is 0 Å². The second kappa shape index (κ2) is 7.79. The van der Waals surface area contributed by atoms with Gasteiger partial charge in [0.05, 0.1) is 25.9 Å². The van der Waals surface area contributed by atoms with Gasteiger partial charge in [-0.25, -0.2) is 0 Å². The molecule has 1 aliphatic carbocycles. The third-order valence-electron chi connectivity index (χ3n) is 4.54. The van der Waals surface area contributed by atoms with E-state index in [0.717, 1.165) is 5.76 Å². The van der Waals surface area contributed by atoms with Crippen molar-refractivity contribution in [3.63, 3.8) is 0 Å². The molecule has 124 valence electrons. The smallest absolute Gasteiger partial charge is 0.234 e. The molecule has 3 rings (SSSR count). The fourth-order valence-electron chi connectivity index (χ4n) is 3.19. The molecule has 2 heterocycles. The van der Waals surface area contributed by atoms with Gasteiger partial charge in [0, 0.05) is 10.9 Å². The van der Waals surface area contributed by atoms with Gasteiger partial charge in [0.1, 0.15) is 5.76 Å². The van der Waals surface area contributed by atoms with Crippen LogP contribution in [0.15, 0.2) is 34.3 Å². The van der Waals surface area contributed by atoms with Crippen LogP contribution in [-0.4, -0.2) is 23.4 Å². The SMILES string of the molecule is Cc1ccsc1CNC(=O)CN(Cc1ccco1)C1CCCC1. The van der Waals surface area contributed by atoms with Crippen LogP contribution in [0.5, 0.6) is 0 Å². The van der Waals surface area contributed by atoms with E-state index in [4.69, 9.17) is 4.42 Å². The monoisotopic (exact) mass is 332 g/mol. The van der Waals surface area contributed by atoms with Crippen molar-refractivity contribution in [1.82, 2.24) is 10.2 Å². The topological polar surface area (TPSA) is 45.5 Å². The summed E-state index contributed by atoms with van der Waals surface area (Å²) in [6, 6.07) is 6.47. The van der Waals surface area contributed by atoms with Gasteiger partial charge >= 0.3 is 0 Å². The highest BCUT2D eigenvalue weighted by molar-refractivity contribution is 7.10. The number of hydrogen-bond acceptors (Lipinski definition) is 4. The Morgan fingerprint density at radius 1 is 1.39 bits per heavy atom. The Labute approximate surface area is 141 Å². The predicted molar refractivity (Wildman–Crippen MR) is 92.3 cm³/mol. The lowest BCUT2D eigenvalue weighted by Gasteiger charge is -2.27. The molecule has 23 heavy (non-hydrogen) atoms. The molecule has 1 saturated carbocycles. The van der Waals surface area contributed by atoms with Gasteiger partial charge in [0.25, 0.3) is 0 Å². The third kappa shape index (κ3) is 4.45. The van der Waals surface area contributed by atoms with Crippen LogP contribution in [0.4, 0.5) is 0 Å². The van der Waals surface area contributed by atoms with E-state index in [1.54, 1.807) is 17.6 Å². The van der Waals surface area contributed by atoms with Crippen LogP contribution in [0, 0.1) is 6.92 Å². The maximum absolute atomic E-state index is 12.4. The Morgan fingerprint density at radius 2 is 2.22 bits per heavy atom. The number of nitrogens with zero attached hydrogens (tertiary/aromatic N) is 1. The summed E-state index contributed by atoms with van der Waals surface area (Å²) < 4.78 is 5.47. The molecule has 0 saturated heterocycles. The van der Waals surface area contributed by atoms with Crippen LogP contribution in [0.25, 0.3) is 0 Å². The Balaban J connectivity index is 1.56. The molecule has 4 nitrogen and oxygen atoms in total. The molecule has 2 aromatic heterocycles. The maximum atomic E-state index is 12.4. The number of carbonyl (C=O) groups excluding carboxylic acids is 1. The second-order valence-corrected chi connectivity index (χ2v) is 7.23. The maximum Gasteiger partial charge on any atom is 0.234 e. The molecule has 1 amide bonds. The van der Waals surface area contributed by atoms with Crippen molar-refractivity contribution >= 4 is 17.2 Å². The van der Waals surface area contributed by atoms with Crippen molar-refractivity contribution in [2.45, 2.75) is 51.7 Å². The molecule has 0 unspecified atom stereocenters. The van der Waals surface area contributed by atoms with Gasteiger partial charge in [-0.2, -0.15) is 0 Å². The van der Waals surface area contributed by atoms with Gasteiger partial charge in [-0.3, -0.25) is 9.69 Å². The first-order chi connectivity index (χ1) is 11.2. The van der Waals surface area contributed by atoms with Crippen molar-refractivity contribution in [3.05, 3.63) is 46.0 Å². The first kappa shape index (κ1) is 16.3. The summed E-state index contributed by atoms with van der Waals surface area (Å²) in [4.78, 5) is 15.9. The predicted octanol–water partition coefficient (Wildman–Crippen LogP) is 3.71. The summed E-state index contributed by atoms with van der Waals surface area (Å²) in [5.74, 6) is 1.02. The molecule has 1 fully saturated rings. The van der Waals surface area contributed by atoms with Crippen LogP contribution >= 0.6 is 11.3 Å². The minimum absolute atomic E-state index is 0.0938. The fourth-order valence-corrected chi connectivity index (χ4v) is 4.04. The molecule has 0 atom stereocenters. The van der Waals surface area contributed by atoms with Crippen LogP contribution in [-0.2, 0) is 17.9 Å². The minimum atomic E-state index is 0.0938. The van der Waals surface area contributed by atoms with Gasteiger partial charge in [0.2, 0.25) is 5.91 Å². The van der Waals surface area contributed by atoms with Gasteiger partial charge in [0.15, 0.2) is 0 Å². The summed E-state index contributed by atoms with van der Waals surface area (Å²) in [5.41, 5.74) is 1.25. The first-order valence-corrected chi connectivity index (χ1v) is 9.16. The van der Waals surface area contributed by atoms with Gasteiger partial charge in [-0.15, -0.1) is 11.3 Å². The molecule has 0 bridgehead atoms. The van der Waals surface area contributed by atoms with E-state index in [9.17, 15) is 4.79 Å². The highest BCUT2D eigenvalue weighted by Crippen LogP contribution is 2.25.